The van der Waals surface area contributed by atoms with E-state index in [0.717, 1.165) is 19.4 Å². The Hall–Kier alpha value is -1.30. The van der Waals surface area contributed by atoms with Crippen LogP contribution in [-0.2, 0) is 4.79 Å². The Morgan fingerprint density at radius 3 is 2.76 bits per heavy atom. The number of rotatable bonds is 3. The van der Waals surface area contributed by atoms with Crippen molar-refractivity contribution in [3.63, 3.8) is 0 Å². The fraction of sp³-hybridized carbons (Fsp3) is 0.429. The molecule has 2 amide bonds. The molecular weight excluding hydrogens is 313 g/mol. The summed E-state index contributed by atoms with van der Waals surface area (Å²) in [6, 6.07) is 4.86. The van der Waals surface area contributed by atoms with E-state index in [1.54, 1.807) is 25.2 Å². The van der Waals surface area contributed by atoms with Gasteiger partial charge in [0.05, 0.1) is 17.2 Å². The second kappa shape index (κ2) is 8.22. The number of piperidine rings is 1. The molecule has 0 bridgehead atoms. The average molecular weight is 332 g/mol. The van der Waals surface area contributed by atoms with Gasteiger partial charge in [-0.2, -0.15) is 0 Å². The second-order valence-electron chi connectivity index (χ2n) is 4.80. The monoisotopic (exact) mass is 331 g/mol. The maximum atomic E-state index is 12.2. The largest absolute Gasteiger partial charge is 0.355 e. The van der Waals surface area contributed by atoms with Crippen molar-refractivity contribution in [2.75, 3.05) is 25.5 Å². The number of benzene rings is 1. The van der Waals surface area contributed by atoms with E-state index < -0.39 is 0 Å². The van der Waals surface area contributed by atoms with Gasteiger partial charge < -0.3 is 16.0 Å². The molecule has 3 N–H and O–H groups in total. The number of carbonyl (C=O) groups is 2. The molecule has 1 aliphatic rings. The van der Waals surface area contributed by atoms with E-state index in [0.29, 0.717) is 22.8 Å². The van der Waals surface area contributed by atoms with Crippen LogP contribution in [0.5, 0.6) is 0 Å². The maximum absolute atomic E-state index is 12.2. The van der Waals surface area contributed by atoms with E-state index >= 15 is 0 Å². The molecule has 1 aliphatic heterocycles. The van der Waals surface area contributed by atoms with Gasteiger partial charge in [-0.05, 0) is 37.6 Å². The van der Waals surface area contributed by atoms with E-state index in [1.807, 2.05) is 0 Å². The lowest BCUT2D eigenvalue weighted by Gasteiger charge is -2.22. The molecule has 1 saturated heterocycles. The molecule has 1 fully saturated rings. The Balaban J connectivity index is 0.00000220. The highest BCUT2D eigenvalue weighted by atomic mass is 35.5. The Bertz CT molecular complexity index is 517. The SMILES string of the molecule is CNC(=O)c1cc(Cl)ccc1NC(=O)C1CCCNC1.Cl. The summed E-state index contributed by atoms with van der Waals surface area (Å²) in [5.74, 6) is -0.397. The summed E-state index contributed by atoms with van der Waals surface area (Å²) in [5, 5.41) is 9.02. The minimum Gasteiger partial charge on any atom is -0.355 e. The summed E-state index contributed by atoms with van der Waals surface area (Å²) < 4.78 is 0. The van der Waals surface area contributed by atoms with Gasteiger partial charge in [0.2, 0.25) is 5.91 Å². The second-order valence-corrected chi connectivity index (χ2v) is 5.24. The van der Waals surface area contributed by atoms with Crippen molar-refractivity contribution < 1.29 is 9.59 Å². The van der Waals surface area contributed by atoms with Gasteiger partial charge in [0.1, 0.15) is 0 Å². The number of nitrogens with one attached hydrogen (secondary N) is 3. The van der Waals surface area contributed by atoms with Crippen LogP contribution in [0.15, 0.2) is 18.2 Å². The standard InChI is InChI=1S/C14H18ClN3O2.ClH/c1-16-14(20)11-7-10(15)4-5-12(11)18-13(19)9-3-2-6-17-8-9;/h4-5,7,9,17H,2-3,6,8H2,1H3,(H,16,20)(H,18,19);1H. The molecule has 0 saturated carbocycles. The summed E-state index contributed by atoms with van der Waals surface area (Å²) in [6.07, 6.45) is 1.85. The van der Waals surface area contributed by atoms with Crippen LogP contribution in [0.25, 0.3) is 0 Å². The van der Waals surface area contributed by atoms with Crippen molar-refractivity contribution in [2.45, 2.75) is 12.8 Å². The van der Waals surface area contributed by atoms with Crippen LogP contribution in [0, 0.1) is 5.92 Å². The quantitative estimate of drug-likeness (QED) is 0.794. The van der Waals surface area contributed by atoms with Crippen LogP contribution in [0.2, 0.25) is 5.02 Å². The zero-order chi connectivity index (χ0) is 14.5. The third-order valence-corrected chi connectivity index (χ3v) is 3.61. The van der Waals surface area contributed by atoms with Crippen molar-refractivity contribution >= 4 is 41.5 Å². The van der Waals surface area contributed by atoms with Gasteiger partial charge in [-0.15, -0.1) is 12.4 Å². The number of hydrogen-bond donors (Lipinski definition) is 3. The van der Waals surface area contributed by atoms with Crippen molar-refractivity contribution in [1.82, 2.24) is 10.6 Å². The minimum atomic E-state index is -0.274. The van der Waals surface area contributed by atoms with Gasteiger partial charge in [-0.3, -0.25) is 9.59 Å². The predicted octanol–water partition coefficient (Wildman–Crippen LogP) is 2.06. The Labute approximate surface area is 135 Å². The van der Waals surface area contributed by atoms with E-state index in [2.05, 4.69) is 16.0 Å². The van der Waals surface area contributed by atoms with E-state index in [4.69, 9.17) is 11.6 Å². The molecule has 2 rings (SSSR count). The smallest absolute Gasteiger partial charge is 0.253 e. The number of halogens is 2. The van der Waals surface area contributed by atoms with E-state index in [-0.39, 0.29) is 30.1 Å². The summed E-state index contributed by atoms with van der Waals surface area (Å²) in [4.78, 5) is 24.0. The summed E-state index contributed by atoms with van der Waals surface area (Å²) >= 11 is 5.90. The number of carbonyl (C=O) groups excluding carboxylic acids is 2. The molecule has 0 aliphatic carbocycles. The molecule has 21 heavy (non-hydrogen) atoms. The lowest BCUT2D eigenvalue weighted by atomic mass is 9.98. The average Bonchev–Trinajstić information content (AvgIpc) is 2.49. The van der Waals surface area contributed by atoms with Gasteiger partial charge in [-0.25, -0.2) is 0 Å². The highest BCUT2D eigenvalue weighted by Crippen LogP contribution is 2.22. The molecule has 1 unspecified atom stereocenters. The zero-order valence-corrected chi connectivity index (χ0v) is 13.3. The van der Waals surface area contributed by atoms with Crippen LogP contribution in [0.1, 0.15) is 23.2 Å². The molecule has 1 atom stereocenters. The van der Waals surface area contributed by atoms with Gasteiger partial charge >= 0.3 is 0 Å². The Morgan fingerprint density at radius 1 is 1.38 bits per heavy atom. The van der Waals surface area contributed by atoms with Gasteiger partial charge in [-0.1, -0.05) is 11.6 Å². The number of hydrogen-bond acceptors (Lipinski definition) is 3. The molecule has 1 aromatic rings. The summed E-state index contributed by atoms with van der Waals surface area (Å²) in [7, 11) is 1.54. The molecule has 7 heteroatoms. The topological polar surface area (TPSA) is 70.2 Å². The molecule has 0 spiro atoms. The van der Waals surface area contributed by atoms with Gasteiger partial charge in [0.15, 0.2) is 0 Å². The van der Waals surface area contributed by atoms with Crippen LogP contribution in [-0.4, -0.2) is 32.0 Å². The normalized spacial score (nSPS) is 17.5. The maximum Gasteiger partial charge on any atom is 0.253 e. The van der Waals surface area contributed by atoms with Crippen LogP contribution >= 0.6 is 24.0 Å². The molecule has 1 heterocycles. The van der Waals surface area contributed by atoms with Crippen LogP contribution in [0.3, 0.4) is 0 Å². The zero-order valence-electron chi connectivity index (χ0n) is 11.7. The first kappa shape index (κ1) is 17.8. The highest BCUT2D eigenvalue weighted by Gasteiger charge is 2.22. The fourth-order valence-electron chi connectivity index (χ4n) is 2.26. The first-order valence-corrected chi connectivity index (χ1v) is 7.03. The lowest BCUT2D eigenvalue weighted by Crippen LogP contribution is -2.37. The molecule has 0 radical (unpaired) electrons. The summed E-state index contributed by atoms with van der Waals surface area (Å²) in [6.45, 7) is 1.63. The third kappa shape index (κ3) is 4.59. The van der Waals surface area contributed by atoms with Crippen molar-refractivity contribution in [3.8, 4) is 0 Å². The van der Waals surface area contributed by atoms with E-state index in [9.17, 15) is 9.59 Å². The highest BCUT2D eigenvalue weighted by molar-refractivity contribution is 6.31. The predicted molar refractivity (Wildman–Crippen MR) is 86.3 cm³/mol. The third-order valence-electron chi connectivity index (χ3n) is 3.38. The van der Waals surface area contributed by atoms with E-state index in [1.165, 1.54) is 0 Å². The molecule has 0 aromatic heterocycles. The molecule has 116 valence electrons. The first-order chi connectivity index (χ1) is 9.61. The van der Waals surface area contributed by atoms with Crippen molar-refractivity contribution in [1.29, 1.82) is 0 Å². The molecular formula is C14H19Cl2N3O2. The number of amides is 2. The van der Waals surface area contributed by atoms with Gasteiger partial charge in [0, 0.05) is 18.6 Å². The lowest BCUT2D eigenvalue weighted by molar-refractivity contribution is -0.120. The Kier molecular flexibility index (Phi) is 6.95. The van der Waals surface area contributed by atoms with Crippen LogP contribution < -0.4 is 16.0 Å². The van der Waals surface area contributed by atoms with Gasteiger partial charge in [0.25, 0.3) is 5.91 Å². The summed E-state index contributed by atoms with van der Waals surface area (Å²) in [5.41, 5.74) is 0.862. The minimum absolute atomic E-state index is 0. The molecule has 5 nitrogen and oxygen atoms in total. The van der Waals surface area contributed by atoms with Crippen molar-refractivity contribution in [3.05, 3.63) is 28.8 Å². The van der Waals surface area contributed by atoms with Crippen LogP contribution in [0.4, 0.5) is 5.69 Å². The number of anilines is 1. The molecule has 1 aromatic carbocycles. The fourth-order valence-corrected chi connectivity index (χ4v) is 2.43. The first-order valence-electron chi connectivity index (χ1n) is 6.65. The van der Waals surface area contributed by atoms with Crippen molar-refractivity contribution in [2.24, 2.45) is 5.92 Å². The Morgan fingerprint density at radius 2 is 2.14 bits per heavy atom.